The molecule has 1 aliphatic heterocycles. The summed E-state index contributed by atoms with van der Waals surface area (Å²) in [6.07, 6.45) is 2.91. The molecular formula is C20H25N. The van der Waals surface area contributed by atoms with Crippen LogP contribution < -0.4 is 0 Å². The molecule has 1 heterocycles. The van der Waals surface area contributed by atoms with Crippen molar-refractivity contribution in [3.05, 3.63) is 78.0 Å². The number of allylic oxidation sites excluding steroid dienone is 1. The summed E-state index contributed by atoms with van der Waals surface area (Å²) < 4.78 is 0. The van der Waals surface area contributed by atoms with Gasteiger partial charge < -0.3 is 0 Å². The van der Waals surface area contributed by atoms with E-state index in [9.17, 15) is 0 Å². The summed E-state index contributed by atoms with van der Waals surface area (Å²) in [5.41, 5.74) is 4.94. The Morgan fingerprint density at radius 2 is 1.14 bits per heavy atom. The molecular weight excluding hydrogens is 254 g/mol. The van der Waals surface area contributed by atoms with Crippen LogP contribution in [0.15, 0.2) is 71.9 Å². The Balaban J connectivity index is 0.000000510. The van der Waals surface area contributed by atoms with Crippen LogP contribution in [0, 0.1) is 0 Å². The zero-order valence-corrected chi connectivity index (χ0v) is 13.5. The van der Waals surface area contributed by atoms with Gasteiger partial charge in [0.2, 0.25) is 0 Å². The van der Waals surface area contributed by atoms with Crippen molar-refractivity contribution >= 4 is 11.3 Å². The third-order valence-corrected chi connectivity index (χ3v) is 2.99. The Morgan fingerprint density at radius 1 is 0.667 bits per heavy atom. The fourth-order valence-corrected chi connectivity index (χ4v) is 2.06. The average Bonchev–Trinajstić information content (AvgIpc) is 3.10. The number of benzene rings is 2. The maximum atomic E-state index is 4.52. The topological polar surface area (TPSA) is 12.4 Å². The van der Waals surface area contributed by atoms with Crippen molar-refractivity contribution < 1.29 is 0 Å². The molecule has 0 N–H and O–H groups in total. The first-order valence-corrected chi connectivity index (χ1v) is 7.80. The molecule has 0 saturated heterocycles. The van der Waals surface area contributed by atoms with Gasteiger partial charge in [-0.05, 0) is 16.7 Å². The van der Waals surface area contributed by atoms with E-state index in [4.69, 9.17) is 0 Å². The summed E-state index contributed by atoms with van der Waals surface area (Å²) in [7, 11) is 0. The molecule has 3 rings (SSSR count). The molecule has 0 bridgehead atoms. The molecule has 2 aromatic carbocycles. The van der Waals surface area contributed by atoms with Crippen molar-refractivity contribution in [2.45, 2.75) is 34.1 Å². The Morgan fingerprint density at radius 3 is 1.67 bits per heavy atom. The third-order valence-electron chi connectivity index (χ3n) is 2.99. The largest absolute Gasteiger partial charge is 0.260 e. The molecule has 0 spiro atoms. The highest BCUT2D eigenvalue weighted by molar-refractivity contribution is 6.09. The van der Waals surface area contributed by atoms with Gasteiger partial charge in [-0.1, -0.05) is 88.4 Å². The molecule has 0 saturated carbocycles. The highest BCUT2D eigenvalue weighted by Crippen LogP contribution is 2.25. The van der Waals surface area contributed by atoms with Crippen molar-refractivity contribution in [2.75, 3.05) is 0 Å². The lowest BCUT2D eigenvalue weighted by Crippen LogP contribution is -1.97. The number of nitrogens with zero attached hydrogens (tertiary/aromatic N) is 1. The molecule has 0 fully saturated rings. The second-order valence-corrected chi connectivity index (χ2v) is 4.14. The van der Waals surface area contributed by atoms with E-state index >= 15 is 0 Å². The smallest absolute Gasteiger partial charge is 0.0520 e. The lowest BCUT2D eigenvalue weighted by atomic mass is 10.00. The fraction of sp³-hybridized carbons (Fsp3) is 0.250. The number of aliphatic imine (C=N–C) groups is 1. The highest BCUT2D eigenvalue weighted by Gasteiger charge is 2.12. The Labute approximate surface area is 129 Å². The lowest BCUT2D eigenvalue weighted by molar-refractivity contribution is 1.47. The molecule has 110 valence electrons. The molecule has 0 atom stereocenters. The molecule has 0 aromatic heterocycles. The first-order valence-electron chi connectivity index (χ1n) is 7.80. The van der Waals surface area contributed by atoms with Crippen molar-refractivity contribution in [2.24, 2.45) is 4.99 Å². The predicted octanol–water partition coefficient (Wildman–Crippen LogP) is 5.97. The van der Waals surface area contributed by atoms with Gasteiger partial charge in [-0.2, -0.15) is 0 Å². The third kappa shape index (κ3) is 4.71. The lowest BCUT2D eigenvalue weighted by Gasteiger charge is -2.03. The van der Waals surface area contributed by atoms with E-state index in [1.807, 2.05) is 46.0 Å². The van der Waals surface area contributed by atoms with Crippen LogP contribution in [0.5, 0.6) is 0 Å². The molecule has 0 aliphatic carbocycles. The zero-order chi connectivity index (χ0) is 15.5. The maximum Gasteiger partial charge on any atom is 0.0520 e. The van der Waals surface area contributed by atoms with Crippen LogP contribution in [-0.2, 0) is 0 Å². The summed E-state index contributed by atoms with van der Waals surface area (Å²) in [5.74, 6) is 0. The van der Waals surface area contributed by atoms with Crippen LogP contribution in [0.3, 0.4) is 0 Å². The Hall–Kier alpha value is -2.15. The molecule has 0 amide bonds. The van der Waals surface area contributed by atoms with E-state index in [1.54, 1.807) is 0 Å². The first-order chi connectivity index (χ1) is 10.4. The van der Waals surface area contributed by atoms with E-state index in [-0.39, 0.29) is 0 Å². The Kier molecular flexibility index (Phi) is 7.81. The van der Waals surface area contributed by atoms with Gasteiger partial charge in [-0.25, -0.2) is 0 Å². The second-order valence-electron chi connectivity index (χ2n) is 4.14. The standard InChI is InChI=1S/C16H13N.2C2H6/c1-3-7-13(8-4-1)15-11-16(17-12-15)14-9-5-2-6-10-14;2*1-2/h1-10,12H,11H2;2*1-2H3. The molecule has 1 aliphatic rings. The van der Waals surface area contributed by atoms with Gasteiger partial charge in [0.15, 0.2) is 0 Å². The van der Waals surface area contributed by atoms with Gasteiger partial charge in [0.05, 0.1) is 5.71 Å². The molecule has 0 radical (unpaired) electrons. The Bertz CT molecular complexity index is 512. The minimum atomic E-state index is 0.925. The van der Waals surface area contributed by atoms with Crippen molar-refractivity contribution in [1.82, 2.24) is 0 Å². The van der Waals surface area contributed by atoms with E-state index in [2.05, 4.69) is 53.5 Å². The van der Waals surface area contributed by atoms with Crippen LogP contribution in [0.4, 0.5) is 0 Å². The van der Waals surface area contributed by atoms with E-state index < -0.39 is 0 Å². The molecule has 2 aromatic rings. The van der Waals surface area contributed by atoms with Crippen LogP contribution >= 0.6 is 0 Å². The van der Waals surface area contributed by atoms with Crippen molar-refractivity contribution in [3.63, 3.8) is 0 Å². The second kappa shape index (κ2) is 9.71. The van der Waals surface area contributed by atoms with E-state index in [1.165, 1.54) is 16.7 Å². The quantitative estimate of drug-likeness (QED) is 0.642. The predicted molar refractivity (Wildman–Crippen MR) is 94.7 cm³/mol. The summed E-state index contributed by atoms with van der Waals surface area (Å²) in [5, 5.41) is 0. The summed E-state index contributed by atoms with van der Waals surface area (Å²) in [6, 6.07) is 20.8. The van der Waals surface area contributed by atoms with Crippen molar-refractivity contribution in [1.29, 1.82) is 0 Å². The molecule has 21 heavy (non-hydrogen) atoms. The van der Waals surface area contributed by atoms with Gasteiger partial charge in [0.1, 0.15) is 0 Å². The van der Waals surface area contributed by atoms with Gasteiger partial charge in [-0.3, -0.25) is 4.99 Å². The van der Waals surface area contributed by atoms with Crippen LogP contribution in [0.25, 0.3) is 5.57 Å². The molecule has 1 nitrogen and oxygen atoms in total. The monoisotopic (exact) mass is 279 g/mol. The normalized spacial score (nSPS) is 12.2. The summed E-state index contributed by atoms with van der Waals surface area (Å²) in [4.78, 5) is 4.52. The summed E-state index contributed by atoms with van der Waals surface area (Å²) in [6.45, 7) is 8.00. The van der Waals surface area contributed by atoms with Crippen LogP contribution in [0.2, 0.25) is 0 Å². The molecule has 1 heteroatoms. The van der Waals surface area contributed by atoms with Crippen LogP contribution in [0.1, 0.15) is 45.2 Å². The van der Waals surface area contributed by atoms with Crippen LogP contribution in [-0.4, -0.2) is 5.71 Å². The van der Waals surface area contributed by atoms with E-state index in [0.29, 0.717) is 0 Å². The van der Waals surface area contributed by atoms with Gasteiger partial charge in [-0.15, -0.1) is 0 Å². The minimum absolute atomic E-state index is 0.925. The summed E-state index contributed by atoms with van der Waals surface area (Å²) >= 11 is 0. The first kappa shape index (κ1) is 16.9. The van der Waals surface area contributed by atoms with Crippen molar-refractivity contribution in [3.8, 4) is 0 Å². The molecule has 0 unspecified atom stereocenters. The van der Waals surface area contributed by atoms with E-state index in [0.717, 1.165) is 12.1 Å². The van der Waals surface area contributed by atoms with Gasteiger partial charge in [0, 0.05) is 12.6 Å². The average molecular weight is 279 g/mol. The number of hydrogen-bond donors (Lipinski definition) is 0. The highest BCUT2D eigenvalue weighted by atomic mass is 14.7. The zero-order valence-electron chi connectivity index (χ0n) is 13.5. The number of hydrogen-bond acceptors (Lipinski definition) is 1. The SMILES string of the molecule is C1=C(c2ccccc2)CC(c2ccccc2)=N1.CC.CC. The minimum Gasteiger partial charge on any atom is -0.260 e. The maximum absolute atomic E-state index is 4.52. The van der Waals surface area contributed by atoms with Gasteiger partial charge in [0.25, 0.3) is 0 Å². The van der Waals surface area contributed by atoms with Gasteiger partial charge >= 0.3 is 0 Å². The fourth-order valence-electron chi connectivity index (χ4n) is 2.06. The number of rotatable bonds is 2.